The summed E-state index contributed by atoms with van der Waals surface area (Å²) in [7, 11) is 1.55. The monoisotopic (exact) mass is 389 g/mol. The number of carbonyl (C=O) groups is 1. The Labute approximate surface area is 158 Å². The summed E-state index contributed by atoms with van der Waals surface area (Å²) in [5, 5.41) is 15.8. The number of aromatic nitrogens is 4. The first kappa shape index (κ1) is 18.8. The third-order valence-electron chi connectivity index (χ3n) is 3.82. The van der Waals surface area contributed by atoms with Gasteiger partial charge in [0.15, 0.2) is 0 Å². The Morgan fingerprint density at radius 3 is 2.93 bits per heavy atom. The molecule has 142 valence electrons. The van der Waals surface area contributed by atoms with Crippen LogP contribution >= 0.6 is 11.3 Å². The minimum Gasteiger partial charge on any atom is -0.495 e. The van der Waals surface area contributed by atoms with Crippen molar-refractivity contribution >= 4 is 22.4 Å². The molecular weight excluding hydrogens is 370 g/mol. The van der Waals surface area contributed by atoms with Crippen molar-refractivity contribution in [2.75, 3.05) is 19.0 Å². The second-order valence-corrected chi connectivity index (χ2v) is 6.54. The van der Waals surface area contributed by atoms with E-state index in [0.29, 0.717) is 30.8 Å². The number of ether oxygens (including phenoxy) is 1. The van der Waals surface area contributed by atoms with Crippen LogP contribution in [0.3, 0.4) is 0 Å². The van der Waals surface area contributed by atoms with Gasteiger partial charge in [-0.1, -0.05) is 12.1 Å². The van der Waals surface area contributed by atoms with Crippen LogP contribution in [-0.4, -0.2) is 44.1 Å². The van der Waals surface area contributed by atoms with Crippen molar-refractivity contribution in [1.29, 1.82) is 0 Å². The van der Waals surface area contributed by atoms with Crippen LogP contribution in [0.1, 0.15) is 23.3 Å². The van der Waals surface area contributed by atoms with E-state index in [1.165, 1.54) is 17.2 Å². The Balaban J connectivity index is 1.80. The van der Waals surface area contributed by atoms with Crippen LogP contribution in [0.25, 0.3) is 5.69 Å². The molecular formula is C17H19N5O4S. The maximum absolute atomic E-state index is 12.7. The number of amides is 1. The molecule has 0 spiro atoms. The second kappa shape index (κ2) is 8.60. The van der Waals surface area contributed by atoms with Gasteiger partial charge in [-0.2, -0.15) is 0 Å². The molecule has 3 aromatic rings. The summed E-state index contributed by atoms with van der Waals surface area (Å²) in [4.78, 5) is 28.4. The largest absolute Gasteiger partial charge is 0.495 e. The summed E-state index contributed by atoms with van der Waals surface area (Å²) < 4.78 is 8.23. The quantitative estimate of drug-likeness (QED) is 0.565. The lowest BCUT2D eigenvalue weighted by Gasteiger charge is -2.11. The van der Waals surface area contributed by atoms with E-state index in [9.17, 15) is 9.59 Å². The predicted molar refractivity (Wildman–Crippen MR) is 101 cm³/mol. The van der Waals surface area contributed by atoms with Crippen LogP contribution in [0.2, 0.25) is 0 Å². The average Bonchev–Trinajstić information content (AvgIpc) is 3.29. The highest BCUT2D eigenvalue weighted by Gasteiger charge is 2.17. The zero-order valence-corrected chi connectivity index (χ0v) is 15.5. The van der Waals surface area contributed by atoms with Crippen molar-refractivity contribution in [3.63, 3.8) is 0 Å². The molecule has 3 rings (SSSR count). The lowest BCUT2D eigenvalue weighted by atomic mass is 10.2. The maximum Gasteiger partial charge on any atom is 0.326 e. The fourth-order valence-corrected chi connectivity index (χ4v) is 3.20. The maximum atomic E-state index is 12.7. The van der Waals surface area contributed by atoms with Crippen LogP contribution < -0.4 is 14.9 Å². The first-order valence-electron chi connectivity index (χ1n) is 8.30. The number of methoxy groups -OCH3 is 1. The Hall–Kier alpha value is -2.98. The molecule has 0 saturated carbocycles. The van der Waals surface area contributed by atoms with Crippen molar-refractivity contribution in [3.8, 4) is 11.4 Å². The SMILES string of the molecule is COc1ccccc1-n1cncc1C(=O)Nc1nn(CCCCO)c(=O)s1. The summed E-state index contributed by atoms with van der Waals surface area (Å²) in [5.41, 5.74) is 0.958. The van der Waals surface area contributed by atoms with Gasteiger partial charge >= 0.3 is 4.87 Å². The van der Waals surface area contributed by atoms with Gasteiger partial charge in [0.25, 0.3) is 5.91 Å². The standard InChI is InChI=1S/C17H19N5O4S/c1-26-14-7-3-2-6-12(14)21-11-18-10-13(21)15(24)19-16-20-22(17(25)27-16)8-4-5-9-23/h2-3,6-7,10-11,23H,4-5,8-9H2,1H3,(H,19,20,24). The molecule has 0 bridgehead atoms. The Morgan fingerprint density at radius 2 is 2.15 bits per heavy atom. The summed E-state index contributed by atoms with van der Waals surface area (Å²) in [5.74, 6) is 0.164. The van der Waals surface area contributed by atoms with E-state index in [-0.39, 0.29) is 22.3 Å². The van der Waals surface area contributed by atoms with E-state index >= 15 is 0 Å². The number of unbranched alkanes of at least 4 members (excludes halogenated alkanes) is 1. The van der Waals surface area contributed by atoms with Gasteiger partial charge in [0, 0.05) is 13.2 Å². The van der Waals surface area contributed by atoms with Crippen LogP contribution in [0.5, 0.6) is 5.75 Å². The summed E-state index contributed by atoms with van der Waals surface area (Å²) in [6, 6.07) is 7.27. The van der Waals surface area contributed by atoms with E-state index in [0.717, 1.165) is 11.3 Å². The number of rotatable bonds is 8. The van der Waals surface area contributed by atoms with E-state index in [1.54, 1.807) is 17.7 Å². The number of aliphatic hydroxyl groups is 1. The van der Waals surface area contributed by atoms with Gasteiger partial charge in [0.05, 0.1) is 25.3 Å². The van der Waals surface area contributed by atoms with E-state index in [1.807, 2.05) is 18.2 Å². The summed E-state index contributed by atoms with van der Waals surface area (Å²) in [6.45, 7) is 0.459. The van der Waals surface area contributed by atoms with Crippen molar-refractivity contribution in [1.82, 2.24) is 19.3 Å². The summed E-state index contributed by atoms with van der Waals surface area (Å²) >= 11 is 0.855. The molecule has 2 heterocycles. The highest BCUT2D eigenvalue weighted by Crippen LogP contribution is 2.23. The Bertz CT molecular complexity index is 978. The van der Waals surface area contributed by atoms with Crippen LogP contribution in [0.4, 0.5) is 5.13 Å². The average molecular weight is 389 g/mol. The number of imidazole rings is 1. The number of aryl methyl sites for hydroxylation is 1. The normalized spacial score (nSPS) is 10.7. The van der Waals surface area contributed by atoms with Crippen molar-refractivity contribution < 1.29 is 14.6 Å². The number of aliphatic hydroxyl groups excluding tert-OH is 1. The fraction of sp³-hybridized carbons (Fsp3) is 0.294. The molecule has 0 aliphatic carbocycles. The lowest BCUT2D eigenvalue weighted by Crippen LogP contribution is -2.17. The third-order valence-corrected chi connectivity index (χ3v) is 4.58. The first-order chi connectivity index (χ1) is 13.1. The second-order valence-electron chi connectivity index (χ2n) is 5.60. The third kappa shape index (κ3) is 4.23. The minimum atomic E-state index is -0.435. The number of benzene rings is 1. The topological polar surface area (TPSA) is 111 Å². The molecule has 9 nitrogen and oxygen atoms in total. The molecule has 2 aromatic heterocycles. The highest BCUT2D eigenvalue weighted by atomic mass is 32.1. The van der Waals surface area contributed by atoms with Gasteiger partial charge in [-0.05, 0) is 36.3 Å². The molecule has 0 radical (unpaired) electrons. The van der Waals surface area contributed by atoms with E-state index < -0.39 is 5.91 Å². The molecule has 0 unspecified atom stereocenters. The first-order valence-corrected chi connectivity index (χ1v) is 9.11. The van der Waals surface area contributed by atoms with Gasteiger partial charge in [-0.15, -0.1) is 5.10 Å². The molecule has 10 heteroatoms. The van der Waals surface area contributed by atoms with Gasteiger partial charge in [-0.25, -0.2) is 9.67 Å². The van der Waals surface area contributed by atoms with E-state index in [4.69, 9.17) is 9.84 Å². The van der Waals surface area contributed by atoms with Crippen molar-refractivity contribution in [2.24, 2.45) is 0 Å². The molecule has 1 aromatic carbocycles. The van der Waals surface area contributed by atoms with Crippen molar-refractivity contribution in [2.45, 2.75) is 19.4 Å². The summed E-state index contributed by atoms with van der Waals surface area (Å²) in [6.07, 6.45) is 4.17. The molecule has 0 fully saturated rings. The minimum absolute atomic E-state index is 0.0649. The Morgan fingerprint density at radius 1 is 1.33 bits per heavy atom. The molecule has 0 atom stereocenters. The van der Waals surface area contributed by atoms with Gasteiger partial charge in [0.2, 0.25) is 5.13 Å². The van der Waals surface area contributed by atoms with Crippen LogP contribution in [-0.2, 0) is 6.54 Å². The number of anilines is 1. The molecule has 0 aliphatic rings. The molecule has 0 saturated heterocycles. The molecule has 0 aliphatic heterocycles. The highest BCUT2D eigenvalue weighted by molar-refractivity contribution is 7.13. The number of carbonyl (C=O) groups excluding carboxylic acids is 1. The molecule has 27 heavy (non-hydrogen) atoms. The van der Waals surface area contributed by atoms with Crippen LogP contribution in [0.15, 0.2) is 41.6 Å². The van der Waals surface area contributed by atoms with Crippen LogP contribution in [0, 0.1) is 0 Å². The molecule has 1 amide bonds. The smallest absolute Gasteiger partial charge is 0.326 e. The number of hydrogen-bond donors (Lipinski definition) is 2. The van der Waals surface area contributed by atoms with E-state index in [2.05, 4.69) is 15.4 Å². The van der Waals surface area contributed by atoms with Crippen molar-refractivity contribution in [3.05, 3.63) is 52.2 Å². The lowest BCUT2D eigenvalue weighted by molar-refractivity contribution is 0.102. The number of nitrogens with zero attached hydrogens (tertiary/aromatic N) is 4. The van der Waals surface area contributed by atoms with Gasteiger partial charge in [0.1, 0.15) is 11.4 Å². The van der Waals surface area contributed by atoms with Gasteiger partial charge in [-0.3, -0.25) is 19.5 Å². The van der Waals surface area contributed by atoms with Gasteiger partial charge < -0.3 is 9.84 Å². The molecule has 2 N–H and O–H groups in total. The predicted octanol–water partition coefficient (Wildman–Crippen LogP) is 1.52. The number of para-hydroxylation sites is 2. The zero-order chi connectivity index (χ0) is 19.2. The number of hydrogen-bond acceptors (Lipinski definition) is 7. The zero-order valence-electron chi connectivity index (χ0n) is 14.7. The number of nitrogens with one attached hydrogen (secondary N) is 1. The Kier molecular flexibility index (Phi) is 5.99. The fourth-order valence-electron chi connectivity index (χ4n) is 2.52.